The van der Waals surface area contributed by atoms with Gasteiger partial charge in [-0.15, -0.1) is 0 Å². The minimum absolute atomic E-state index is 0.0302. The van der Waals surface area contributed by atoms with Crippen LogP contribution < -0.4 is 5.63 Å². The first-order chi connectivity index (χ1) is 8.56. The van der Waals surface area contributed by atoms with Crippen LogP contribution in [0.4, 0.5) is 0 Å². The van der Waals surface area contributed by atoms with E-state index in [1.54, 1.807) is 18.2 Å². The lowest BCUT2D eigenvalue weighted by atomic mass is 10.1. The maximum absolute atomic E-state index is 11.8. The highest BCUT2D eigenvalue weighted by Gasteiger charge is 2.12. The lowest BCUT2D eigenvalue weighted by molar-refractivity contribution is 0.453. The molecule has 0 fully saturated rings. The monoisotopic (exact) mass is 262 g/mol. The van der Waals surface area contributed by atoms with Gasteiger partial charge < -0.3 is 14.6 Å². The topological polar surface area (TPSA) is 70.7 Å². The molecule has 0 radical (unpaired) electrons. The maximum Gasteiger partial charge on any atom is 0.347 e. The van der Waals surface area contributed by atoms with Crippen molar-refractivity contribution in [1.29, 1.82) is 0 Å². The SMILES string of the molecule is O=c1oc2ccc(Cl)cc2c2cc(O)cc(O)c12. The Bertz CT molecular complexity index is 836. The van der Waals surface area contributed by atoms with Crippen molar-refractivity contribution >= 4 is 33.3 Å². The van der Waals surface area contributed by atoms with E-state index in [-0.39, 0.29) is 16.9 Å². The second-order valence-electron chi connectivity index (χ2n) is 3.92. The number of rotatable bonds is 0. The molecule has 0 amide bonds. The Morgan fingerprint density at radius 3 is 2.61 bits per heavy atom. The molecule has 3 rings (SSSR count). The first kappa shape index (κ1) is 10.9. The Labute approximate surface area is 106 Å². The van der Waals surface area contributed by atoms with Crippen molar-refractivity contribution < 1.29 is 14.6 Å². The van der Waals surface area contributed by atoms with Crippen molar-refractivity contribution in [3.05, 3.63) is 45.8 Å². The van der Waals surface area contributed by atoms with Gasteiger partial charge in [0.15, 0.2) is 0 Å². The minimum atomic E-state index is -0.655. The van der Waals surface area contributed by atoms with Gasteiger partial charge in [-0.05, 0) is 24.3 Å². The van der Waals surface area contributed by atoms with Gasteiger partial charge in [-0.3, -0.25) is 0 Å². The summed E-state index contributed by atoms with van der Waals surface area (Å²) in [6, 6.07) is 7.27. The standard InChI is InChI=1S/C13H7ClO4/c14-6-1-2-11-8(3-6)9-4-7(15)5-10(16)12(9)13(17)18-11/h1-5,15-16H. The van der Waals surface area contributed by atoms with Crippen molar-refractivity contribution in [2.75, 3.05) is 0 Å². The van der Waals surface area contributed by atoms with Crippen LogP contribution in [0.5, 0.6) is 11.5 Å². The van der Waals surface area contributed by atoms with Gasteiger partial charge in [-0.1, -0.05) is 11.6 Å². The Hall–Kier alpha value is -2.20. The van der Waals surface area contributed by atoms with Crippen molar-refractivity contribution in [3.8, 4) is 11.5 Å². The van der Waals surface area contributed by atoms with E-state index < -0.39 is 5.63 Å². The smallest absolute Gasteiger partial charge is 0.347 e. The fourth-order valence-corrected chi connectivity index (χ4v) is 2.16. The minimum Gasteiger partial charge on any atom is -0.508 e. The van der Waals surface area contributed by atoms with E-state index in [0.29, 0.717) is 21.4 Å². The van der Waals surface area contributed by atoms with E-state index in [4.69, 9.17) is 16.0 Å². The third-order valence-electron chi connectivity index (χ3n) is 2.74. The van der Waals surface area contributed by atoms with Crippen LogP contribution in [0.25, 0.3) is 21.7 Å². The molecule has 2 N–H and O–H groups in total. The van der Waals surface area contributed by atoms with Crippen LogP contribution in [-0.4, -0.2) is 10.2 Å². The van der Waals surface area contributed by atoms with Gasteiger partial charge >= 0.3 is 5.63 Å². The molecule has 90 valence electrons. The number of halogens is 1. The number of benzene rings is 2. The van der Waals surface area contributed by atoms with Gasteiger partial charge in [0.2, 0.25) is 0 Å². The largest absolute Gasteiger partial charge is 0.508 e. The summed E-state index contributed by atoms with van der Waals surface area (Å²) in [6.45, 7) is 0. The molecule has 0 bridgehead atoms. The molecule has 0 atom stereocenters. The van der Waals surface area contributed by atoms with E-state index in [1.807, 2.05) is 0 Å². The summed E-state index contributed by atoms with van der Waals surface area (Å²) in [7, 11) is 0. The second-order valence-corrected chi connectivity index (χ2v) is 4.35. The molecule has 5 heteroatoms. The number of hydrogen-bond donors (Lipinski definition) is 2. The van der Waals surface area contributed by atoms with Crippen LogP contribution >= 0.6 is 11.6 Å². The van der Waals surface area contributed by atoms with Gasteiger partial charge in [0.05, 0.1) is 0 Å². The normalized spacial score (nSPS) is 11.2. The highest BCUT2D eigenvalue weighted by Crippen LogP contribution is 2.33. The summed E-state index contributed by atoms with van der Waals surface area (Å²) in [5.41, 5.74) is -0.306. The molecule has 3 aromatic rings. The zero-order valence-corrected chi connectivity index (χ0v) is 9.73. The Balaban J connectivity index is 2.67. The molecule has 0 spiro atoms. The number of phenolic OH excluding ortho intramolecular Hbond substituents is 2. The van der Waals surface area contributed by atoms with E-state index in [2.05, 4.69) is 0 Å². The van der Waals surface area contributed by atoms with Gasteiger partial charge in [0.1, 0.15) is 22.5 Å². The van der Waals surface area contributed by atoms with Crippen molar-refractivity contribution in [3.63, 3.8) is 0 Å². The van der Waals surface area contributed by atoms with Crippen LogP contribution in [0, 0.1) is 0 Å². The molecule has 0 aliphatic heterocycles. The summed E-state index contributed by atoms with van der Waals surface area (Å²) in [4.78, 5) is 11.8. The van der Waals surface area contributed by atoms with Gasteiger partial charge in [-0.25, -0.2) is 4.79 Å². The van der Waals surface area contributed by atoms with Crippen LogP contribution in [0.1, 0.15) is 0 Å². The lowest BCUT2D eigenvalue weighted by Gasteiger charge is -2.05. The third-order valence-corrected chi connectivity index (χ3v) is 2.98. The average molecular weight is 263 g/mol. The summed E-state index contributed by atoms with van der Waals surface area (Å²) in [5, 5.41) is 20.7. The summed E-state index contributed by atoms with van der Waals surface area (Å²) in [5.74, 6) is -0.451. The predicted octanol–water partition coefficient (Wildman–Crippen LogP) is 3.01. The van der Waals surface area contributed by atoms with E-state index in [0.717, 1.165) is 6.07 Å². The Morgan fingerprint density at radius 2 is 1.83 bits per heavy atom. The molecule has 0 aliphatic carbocycles. The number of fused-ring (bicyclic) bond motifs is 3. The zero-order chi connectivity index (χ0) is 12.9. The van der Waals surface area contributed by atoms with Crippen LogP contribution in [0.3, 0.4) is 0 Å². The average Bonchev–Trinajstić information content (AvgIpc) is 2.29. The van der Waals surface area contributed by atoms with Gasteiger partial charge in [0.25, 0.3) is 0 Å². The van der Waals surface area contributed by atoms with Gasteiger partial charge in [0, 0.05) is 21.9 Å². The first-order valence-corrected chi connectivity index (χ1v) is 5.52. The van der Waals surface area contributed by atoms with Crippen LogP contribution in [0.15, 0.2) is 39.5 Å². The fraction of sp³-hybridized carbons (Fsp3) is 0. The second kappa shape index (κ2) is 3.65. The highest BCUT2D eigenvalue weighted by molar-refractivity contribution is 6.31. The molecule has 0 saturated heterocycles. The quantitative estimate of drug-likeness (QED) is 0.483. The molecule has 0 unspecified atom stereocenters. The van der Waals surface area contributed by atoms with Crippen molar-refractivity contribution in [1.82, 2.24) is 0 Å². The summed E-state index contributed by atoms with van der Waals surface area (Å²) >= 11 is 5.89. The highest BCUT2D eigenvalue weighted by atomic mass is 35.5. The molecular weight excluding hydrogens is 256 g/mol. The Kier molecular flexibility index (Phi) is 2.21. The van der Waals surface area contributed by atoms with Crippen molar-refractivity contribution in [2.24, 2.45) is 0 Å². The van der Waals surface area contributed by atoms with Crippen LogP contribution in [-0.2, 0) is 0 Å². The third kappa shape index (κ3) is 1.50. The van der Waals surface area contributed by atoms with E-state index in [1.165, 1.54) is 6.07 Å². The molecule has 1 aromatic heterocycles. The molecule has 4 nitrogen and oxygen atoms in total. The number of aromatic hydroxyl groups is 2. The number of phenols is 2. The summed E-state index contributed by atoms with van der Waals surface area (Å²) < 4.78 is 5.09. The Morgan fingerprint density at radius 1 is 1.06 bits per heavy atom. The van der Waals surface area contributed by atoms with E-state index in [9.17, 15) is 15.0 Å². The van der Waals surface area contributed by atoms with Crippen LogP contribution in [0.2, 0.25) is 5.02 Å². The zero-order valence-electron chi connectivity index (χ0n) is 8.98. The van der Waals surface area contributed by atoms with Crippen molar-refractivity contribution in [2.45, 2.75) is 0 Å². The molecule has 1 heterocycles. The number of hydrogen-bond acceptors (Lipinski definition) is 4. The molecular formula is C13H7ClO4. The molecule has 0 aliphatic rings. The molecule has 18 heavy (non-hydrogen) atoms. The molecule has 0 saturated carbocycles. The molecule has 2 aromatic carbocycles. The maximum atomic E-state index is 11.8. The predicted molar refractivity (Wildman–Crippen MR) is 68.3 cm³/mol. The first-order valence-electron chi connectivity index (χ1n) is 5.14. The lowest BCUT2D eigenvalue weighted by Crippen LogP contribution is -2.00. The fourth-order valence-electron chi connectivity index (χ4n) is 1.99. The summed E-state index contributed by atoms with van der Waals surface area (Å²) in [6.07, 6.45) is 0. The van der Waals surface area contributed by atoms with E-state index >= 15 is 0 Å². The van der Waals surface area contributed by atoms with Gasteiger partial charge in [-0.2, -0.15) is 0 Å².